The molecule has 5 rings (SSSR count). The van der Waals surface area contributed by atoms with Crippen molar-refractivity contribution in [2.24, 2.45) is 10.9 Å². The molecule has 2 aliphatic rings. The zero-order valence-corrected chi connectivity index (χ0v) is 26.0. The summed E-state index contributed by atoms with van der Waals surface area (Å²) >= 11 is 12.2. The van der Waals surface area contributed by atoms with Crippen LogP contribution in [0.4, 0.5) is 5.69 Å². The van der Waals surface area contributed by atoms with Gasteiger partial charge in [-0.1, -0.05) is 84.7 Å². The van der Waals surface area contributed by atoms with Crippen molar-refractivity contribution in [2.75, 3.05) is 50.8 Å². The number of rotatable bonds is 10. The summed E-state index contributed by atoms with van der Waals surface area (Å²) in [6, 6.07) is 22.1. The minimum Gasteiger partial charge on any atom is -0.379 e. The number of ether oxygens (including phenoxy) is 1. The molecule has 11 heteroatoms. The number of carbonyl (C=O) groups is 3. The summed E-state index contributed by atoms with van der Waals surface area (Å²) in [4.78, 5) is 49.2. The van der Waals surface area contributed by atoms with E-state index >= 15 is 0 Å². The van der Waals surface area contributed by atoms with Crippen molar-refractivity contribution in [3.63, 3.8) is 0 Å². The van der Waals surface area contributed by atoms with Crippen LogP contribution in [0.1, 0.15) is 23.6 Å². The maximum atomic E-state index is 14.1. The van der Waals surface area contributed by atoms with Crippen molar-refractivity contribution in [1.82, 2.24) is 15.5 Å². The number of amides is 3. The molecule has 0 saturated carbocycles. The van der Waals surface area contributed by atoms with Crippen LogP contribution in [0, 0.1) is 5.92 Å². The SMILES string of the molecule is C[C@@H](Cc1ccc(Cl)c(Cl)c1)C(=O)NC1N=C(c2ccccc2)c2ccccc2N(CC(=O)NCCN2CCOCC2)C1=O. The second-order valence-electron chi connectivity index (χ2n) is 10.9. The van der Waals surface area contributed by atoms with E-state index in [2.05, 4.69) is 15.5 Å². The van der Waals surface area contributed by atoms with Gasteiger partial charge in [0.05, 0.1) is 34.7 Å². The molecule has 0 aromatic heterocycles. The first-order valence-electron chi connectivity index (χ1n) is 14.6. The molecule has 1 fully saturated rings. The van der Waals surface area contributed by atoms with Crippen LogP contribution in [0.25, 0.3) is 0 Å². The zero-order chi connectivity index (χ0) is 31.1. The topological polar surface area (TPSA) is 103 Å². The third-order valence-electron chi connectivity index (χ3n) is 7.66. The Kier molecular flexibility index (Phi) is 10.7. The van der Waals surface area contributed by atoms with Crippen LogP contribution in [-0.4, -0.2) is 80.4 Å². The summed E-state index contributed by atoms with van der Waals surface area (Å²) < 4.78 is 5.39. The van der Waals surface area contributed by atoms with Gasteiger partial charge in [0.25, 0.3) is 5.91 Å². The third-order valence-corrected chi connectivity index (χ3v) is 8.40. The molecule has 1 unspecified atom stereocenters. The molecule has 44 heavy (non-hydrogen) atoms. The average molecular weight is 637 g/mol. The lowest BCUT2D eigenvalue weighted by atomic mass is 10.00. The lowest BCUT2D eigenvalue weighted by molar-refractivity contribution is -0.130. The second kappa shape index (κ2) is 14.8. The van der Waals surface area contributed by atoms with Crippen LogP contribution >= 0.6 is 23.2 Å². The normalized spacial score (nSPS) is 17.7. The summed E-state index contributed by atoms with van der Waals surface area (Å²) in [6.45, 7) is 5.68. The lowest BCUT2D eigenvalue weighted by Gasteiger charge is -2.27. The number of hydrogen-bond acceptors (Lipinski definition) is 6. The van der Waals surface area contributed by atoms with E-state index in [0.29, 0.717) is 59.7 Å². The maximum absolute atomic E-state index is 14.1. The maximum Gasteiger partial charge on any atom is 0.272 e. The molecule has 3 amide bonds. The minimum atomic E-state index is -1.25. The molecule has 2 N–H and O–H groups in total. The van der Waals surface area contributed by atoms with Gasteiger partial charge in [0.2, 0.25) is 18.0 Å². The van der Waals surface area contributed by atoms with Crippen molar-refractivity contribution < 1.29 is 19.1 Å². The molecule has 0 radical (unpaired) electrons. The number of nitrogens with one attached hydrogen (secondary N) is 2. The Hall–Kier alpha value is -3.76. The fraction of sp³-hybridized carbons (Fsp3) is 0.333. The van der Waals surface area contributed by atoms with Crippen LogP contribution in [0.15, 0.2) is 77.8 Å². The molecule has 0 aliphatic carbocycles. The van der Waals surface area contributed by atoms with Gasteiger partial charge in [0.1, 0.15) is 6.54 Å². The highest BCUT2D eigenvalue weighted by Crippen LogP contribution is 2.29. The van der Waals surface area contributed by atoms with Crippen molar-refractivity contribution in [3.8, 4) is 0 Å². The number of halogens is 2. The van der Waals surface area contributed by atoms with Gasteiger partial charge in [0.15, 0.2) is 0 Å². The Morgan fingerprint density at radius 1 is 1.00 bits per heavy atom. The third kappa shape index (κ3) is 7.84. The average Bonchev–Trinajstić information content (AvgIpc) is 3.14. The summed E-state index contributed by atoms with van der Waals surface area (Å²) in [7, 11) is 0. The molecule has 3 aromatic carbocycles. The molecule has 0 spiro atoms. The molecule has 2 aliphatic heterocycles. The first kappa shape index (κ1) is 31.7. The quantitative estimate of drug-likeness (QED) is 0.351. The predicted octanol–water partition coefficient (Wildman–Crippen LogP) is 3.95. The van der Waals surface area contributed by atoms with E-state index in [4.69, 9.17) is 32.9 Å². The number of benzene rings is 3. The van der Waals surface area contributed by atoms with Crippen molar-refractivity contribution >= 4 is 52.3 Å². The van der Waals surface area contributed by atoms with Crippen LogP contribution in [0.2, 0.25) is 10.0 Å². The number of fused-ring (bicyclic) bond motifs is 1. The van der Waals surface area contributed by atoms with Gasteiger partial charge in [-0.3, -0.25) is 24.2 Å². The van der Waals surface area contributed by atoms with E-state index in [1.165, 1.54) is 4.90 Å². The number of carbonyl (C=O) groups excluding carboxylic acids is 3. The van der Waals surface area contributed by atoms with Gasteiger partial charge in [-0.2, -0.15) is 0 Å². The molecule has 2 atom stereocenters. The van der Waals surface area contributed by atoms with E-state index in [1.54, 1.807) is 25.1 Å². The summed E-state index contributed by atoms with van der Waals surface area (Å²) in [5.74, 6) is -1.66. The van der Waals surface area contributed by atoms with E-state index in [0.717, 1.165) is 24.2 Å². The van der Waals surface area contributed by atoms with Crippen molar-refractivity contribution in [1.29, 1.82) is 0 Å². The van der Waals surface area contributed by atoms with Crippen LogP contribution < -0.4 is 15.5 Å². The summed E-state index contributed by atoms with van der Waals surface area (Å²) in [5.41, 5.74) is 3.41. The second-order valence-corrected chi connectivity index (χ2v) is 11.7. The fourth-order valence-corrected chi connectivity index (χ4v) is 5.60. The fourth-order valence-electron chi connectivity index (χ4n) is 5.28. The first-order valence-corrected chi connectivity index (χ1v) is 15.4. The van der Waals surface area contributed by atoms with E-state index in [1.807, 2.05) is 54.6 Å². The van der Waals surface area contributed by atoms with Crippen LogP contribution in [0.3, 0.4) is 0 Å². The van der Waals surface area contributed by atoms with Gasteiger partial charge in [0, 0.05) is 43.2 Å². The molecule has 0 bridgehead atoms. The van der Waals surface area contributed by atoms with Gasteiger partial charge < -0.3 is 15.4 Å². The number of para-hydroxylation sites is 1. The highest BCUT2D eigenvalue weighted by atomic mass is 35.5. The Morgan fingerprint density at radius 3 is 2.48 bits per heavy atom. The van der Waals surface area contributed by atoms with E-state index in [-0.39, 0.29) is 18.4 Å². The number of nitrogens with zero attached hydrogens (tertiary/aromatic N) is 3. The van der Waals surface area contributed by atoms with Gasteiger partial charge in [-0.25, -0.2) is 4.99 Å². The van der Waals surface area contributed by atoms with Gasteiger partial charge in [-0.05, 0) is 30.2 Å². The molecular weight excluding hydrogens is 601 g/mol. The standard InChI is InChI=1S/C33H35Cl2N5O4/c1-22(19-23-11-12-26(34)27(35)20-23)32(42)38-31-33(43)40(21-29(41)36-13-14-39-15-17-44-18-16-39)28-10-6-5-9-25(28)30(37-31)24-7-3-2-4-8-24/h2-12,20,22,31H,13-19,21H2,1H3,(H,36,41)(H,38,42)/t22-,31?/m0/s1. The summed E-state index contributed by atoms with van der Waals surface area (Å²) in [6.07, 6.45) is -0.864. The highest BCUT2D eigenvalue weighted by Gasteiger charge is 2.34. The predicted molar refractivity (Wildman–Crippen MR) is 172 cm³/mol. The Bertz CT molecular complexity index is 1530. The molecule has 2 heterocycles. The van der Waals surface area contributed by atoms with Crippen molar-refractivity contribution in [2.45, 2.75) is 19.5 Å². The Labute approximate surface area is 267 Å². The molecule has 1 saturated heterocycles. The smallest absolute Gasteiger partial charge is 0.272 e. The number of anilines is 1. The van der Waals surface area contributed by atoms with Crippen LogP contribution in [-0.2, 0) is 25.5 Å². The highest BCUT2D eigenvalue weighted by molar-refractivity contribution is 6.42. The number of hydrogen-bond donors (Lipinski definition) is 2. The summed E-state index contributed by atoms with van der Waals surface area (Å²) in [5, 5.41) is 6.63. The van der Waals surface area contributed by atoms with Gasteiger partial charge >= 0.3 is 0 Å². The molecular formula is C33H35Cl2N5O4. The lowest BCUT2D eigenvalue weighted by Crippen LogP contribution is -2.51. The van der Waals surface area contributed by atoms with Crippen LogP contribution in [0.5, 0.6) is 0 Å². The number of aliphatic imine (C=N–C) groups is 1. The van der Waals surface area contributed by atoms with Crippen molar-refractivity contribution in [3.05, 3.63) is 99.5 Å². The molecule has 3 aromatic rings. The first-order chi connectivity index (χ1) is 21.3. The minimum absolute atomic E-state index is 0.220. The Morgan fingerprint density at radius 2 is 1.73 bits per heavy atom. The molecule has 9 nitrogen and oxygen atoms in total. The molecule has 230 valence electrons. The Balaban J connectivity index is 1.38. The van der Waals surface area contributed by atoms with E-state index in [9.17, 15) is 14.4 Å². The van der Waals surface area contributed by atoms with E-state index < -0.39 is 18.0 Å². The number of benzodiazepines with no additional fused rings is 1. The monoisotopic (exact) mass is 635 g/mol. The number of morpholine rings is 1. The van der Waals surface area contributed by atoms with Gasteiger partial charge in [-0.15, -0.1) is 0 Å². The zero-order valence-electron chi connectivity index (χ0n) is 24.5. The largest absolute Gasteiger partial charge is 0.379 e.